The quantitative estimate of drug-likeness (QED) is 0.439. The van der Waals surface area contributed by atoms with Gasteiger partial charge < -0.3 is 0 Å². The van der Waals surface area contributed by atoms with Crippen LogP contribution in [0.4, 0.5) is 0 Å². The summed E-state index contributed by atoms with van der Waals surface area (Å²) in [5.74, 6) is 0.113. The topological polar surface area (TPSA) is 34.1 Å². The summed E-state index contributed by atoms with van der Waals surface area (Å²) in [4.78, 5) is 0. The maximum atomic E-state index is 10.3. The fraction of sp³-hybridized carbons (Fsp3) is 1.00. The summed E-state index contributed by atoms with van der Waals surface area (Å²) >= 11 is 9.53. The molecule has 0 N–H and O–H groups in total. The van der Waals surface area contributed by atoms with E-state index in [1.807, 2.05) is 6.92 Å². The molecular formula is C6H13Cl3O2S. The van der Waals surface area contributed by atoms with E-state index in [0.29, 0.717) is 6.42 Å². The third kappa shape index (κ3) is 22.4. The molecule has 0 spiro atoms. The number of hydrogen-bond acceptors (Lipinski definition) is 2. The molecule has 0 rings (SSSR count). The molecule has 0 heterocycles. The fourth-order valence-electron chi connectivity index (χ4n) is 0.524. The van der Waals surface area contributed by atoms with Crippen molar-refractivity contribution in [1.29, 1.82) is 0 Å². The van der Waals surface area contributed by atoms with Crippen molar-refractivity contribution in [2.45, 2.75) is 26.2 Å². The molecule has 0 saturated carbocycles. The first kappa shape index (κ1) is 15.3. The molecule has 2 nitrogen and oxygen atoms in total. The minimum absolute atomic E-state index is 0.113. The molecule has 0 aromatic carbocycles. The first-order valence-corrected chi connectivity index (χ1v) is 7.07. The van der Waals surface area contributed by atoms with Crippen LogP contribution in [0.2, 0.25) is 0 Å². The second-order valence-electron chi connectivity index (χ2n) is 2.05. The third-order valence-corrected chi connectivity index (χ3v) is 2.23. The van der Waals surface area contributed by atoms with Gasteiger partial charge in [0.15, 0.2) is 0 Å². The average Bonchev–Trinajstić information content (AvgIpc) is 1.87. The monoisotopic (exact) mass is 254 g/mol. The van der Waals surface area contributed by atoms with E-state index < -0.39 is 9.05 Å². The van der Waals surface area contributed by atoms with Gasteiger partial charge in [-0.25, -0.2) is 8.42 Å². The maximum Gasteiger partial charge on any atom is 0.232 e. The zero-order valence-electron chi connectivity index (χ0n) is 6.89. The summed E-state index contributed by atoms with van der Waals surface area (Å²) in [7, 11) is 1.72. The van der Waals surface area contributed by atoms with Crippen molar-refractivity contribution in [3.63, 3.8) is 0 Å². The zero-order valence-corrected chi connectivity index (χ0v) is 9.98. The standard InChI is InChI=1S/C5H11ClO2S.CH2Cl2/c1-2-3-4-5-9(6,7)8;2-1-3/h2-5H2,1H3;1H2. The van der Waals surface area contributed by atoms with Crippen LogP contribution in [0.1, 0.15) is 26.2 Å². The first-order valence-electron chi connectivity index (χ1n) is 3.52. The van der Waals surface area contributed by atoms with Crippen LogP contribution in [-0.4, -0.2) is 19.5 Å². The number of halogens is 3. The summed E-state index contributed by atoms with van der Waals surface area (Å²) in [5.41, 5.74) is 0. The molecule has 0 aromatic rings. The highest BCUT2D eigenvalue weighted by Crippen LogP contribution is 2.02. The molecule has 0 fully saturated rings. The summed E-state index contributed by atoms with van der Waals surface area (Å²) < 4.78 is 20.5. The van der Waals surface area contributed by atoms with Crippen molar-refractivity contribution in [2.75, 3.05) is 11.1 Å². The molecule has 0 amide bonds. The number of hydrogen-bond donors (Lipinski definition) is 0. The highest BCUT2D eigenvalue weighted by molar-refractivity contribution is 8.13. The smallest absolute Gasteiger partial charge is 0.212 e. The predicted octanol–water partition coefficient (Wildman–Crippen LogP) is 3.17. The van der Waals surface area contributed by atoms with Gasteiger partial charge in [0.1, 0.15) is 0 Å². The molecule has 0 aromatic heterocycles. The van der Waals surface area contributed by atoms with E-state index in [0.717, 1.165) is 12.8 Å². The van der Waals surface area contributed by atoms with E-state index >= 15 is 0 Å². The Morgan fingerprint density at radius 3 is 1.83 bits per heavy atom. The SMILES string of the molecule is CCCCCS(=O)(=O)Cl.ClCCl. The minimum atomic E-state index is -3.22. The molecular weight excluding hydrogens is 242 g/mol. The van der Waals surface area contributed by atoms with Crippen molar-refractivity contribution in [3.05, 3.63) is 0 Å². The Morgan fingerprint density at radius 2 is 1.58 bits per heavy atom. The summed E-state index contributed by atoms with van der Waals surface area (Å²) in [6, 6.07) is 0. The van der Waals surface area contributed by atoms with Crippen molar-refractivity contribution in [1.82, 2.24) is 0 Å². The van der Waals surface area contributed by atoms with Gasteiger partial charge in [0.05, 0.1) is 11.1 Å². The highest BCUT2D eigenvalue weighted by Gasteiger charge is 2.02. The van der Waals surface area contributed by atoms with Gasteiger partial charge in [-0.3, -0.25) is 0 Å². The first-order chi connectivity index (χ1) is 5.47. The Hall–Kier alpha value is 0.820. The molecule has 6 heteroatoms. The molecule has 12 heavy (non-hydrogen) atoms. The lowest BCUT2D eigenvalue weighted by Gasteiger charge is -1.92. The van der Waals surface area contributed by atoms with Crippen LogP contribution in [0.5, 0.6) is 0 Å². The highest BCUT2D eigenvalue weighted by atomic mass is 35.7. The van der Waals surface area contributed by atoms with Crippen LogP contribution in [0.25, 0.3) is 0 Å². The second-order valence-corrected chi connectivity index (χ2v) is 5.76. The van der Waals surface area contributed by atoms with Gasteiger partial charge in [-0.05, 0) is 6.42 Å². The van der Waals surface area contributed by atoms with E-state index in [9.17, 15) is 8.42 Å². The lowest BCUT2D eigenvalue weighted by atomic mass is 10.3. The molecule has 0 radical (unpaired) electrons. The third-order valence-electron chi connectivity index (χ3n) is 0.992. The van der Waals surface area contributed by atoms with Gasteiger partial charge in [0.25, 0.3) is 0 Å². The van der Waals surface area contributed by atoms with Crippen molar-refractivity contribution < 1.29 is 8.42 Å². The molecule has 0 unspecified atom stereocenters. The van der Waals surface area contributed by atoms with Crippen LogP contribution in [0, 0.1) is 0 Å². The molecule has 0 aliphatic carbocycles. The van der Waals surface area contributed by atoms with Crippen molar-refractivity contribution in [2.24, 2.45) is 0 Å². The van der Waals surface area contributed by atoms with Crippen molar-refractivity contribution >= 4 is 42.9 Å². The van der Waals surface area contributed by atoms with E-state index in [-0.39, 0.29) is 11.1 Å². The minimum Gasteiger partial charge on any atom is -0.212 e. The largest absolute Gasteiger partial charge is 0.232 e. The summed E-state index contributed by atoms with van der Waals surface area (Å²) in [6.07, 6.45) is 2.64. The molecule has 76 valence electrons. The Bertz CT molecular complexity index is 168. The Kier molecular flexibility index (Phi) is 12.6. The normalized spacial score (nSPS) is 10.3. The number of rotatable bonds is 4. The lowest BCUT2D eigenvalue weighted by molar-refractivity contribution is 0.604. The molecule has 0 aliphatic heterocycles. The Morgan fingerprint density at radius 1 is 1.17 bits per heavy atom. The summed E-state index contributed by atoms with van der Waals surface area (Å²) in [5, 5.41) is 0.194. The van der Waals surface area contributed by atoms with Gasteiger partial charge in [-0.1, -0.05) is 19.8 Å². The second kappa shape index (κ2) is 9.90. The maximum absolute atomic E-state index is 10.3. The van der Waals surface area contributed by atoms with Crippen LogP contribution in [0.3, 0.4) is 0 Å². The summed E-state index contributed by atoms with van der Waals surface area (Å²) in [6.45, 7) is 2.01. The van der Waals surface area contributed by atoms with Gasteiger partial charge in [-0.2, -0.15) is 0 Å². The zero-order chi connectivity index (χ0) is 10.0. The Labute approximate surface area is 88.6 Å². The van der Waals surface area contributed by atoms with Crippen LogP contribution < -0.4 is 0 Å². The van der Waals surface area contributed by atoms with Gasteiger partial charge in [-0.15, -0.1) is 23.2 Å². The van der Waals surface area contributed by atoms with Crippen molar-refractivity contribution in [3.8, 4) is 0 Å². The average molecular weight is 256 g/mol. The van der Waals surface area contributed by atoms with Crippen LogP contribution >= 0.6 is 33.9 Å². The van der Waals surface area contributed by atoms with Gasteiger partial charge >= 0.3 is 0 Å². The van der Waals surface area contributed by atoms with Gasteiger partial charge in [0, 0.05) is 10.7 Å². The van der Waals surface area contributed by atoms with Crippen LogP contribution in [0.15, 0.2) is 0 Å². The fourth-order valence-corrected chi connectivity index (χ4v) is 1.40. The number of unbranched alkanes of at least 4 members (excludes halogenated alkanes) is 2. The van der Waals surface area contributed by atoms with Crippen LogP contribution in [-0.2, 0) is 9.05 Å². The van der Waals surface area contributed by atoms with E-state index in [1.165, 1.54) is 0 Å². The molecule has 0 atom stereocenters. The van der Waals surface area contributed by atoms with E-state index in [4.69, 9.17) is 33.9 Å². The van der Waals surface area contributed by atoms with Gasteiger partial charge in [0.2, 0.25) is 9.05 Å². The van der Waals surface area contributed by atoms with E-state index in [1.54, 1.807) is 0 Å². The lowest BCUT2D eigenvalue weighted by Crippen LogP contribution is -1.95. The molecule has 0 aliphatic rings. The molecule has 0 bridgehead atoms. The number of alkyl halides is 2. The Balaban J connectivity index is 0. The van der Waals surface area contributed by atoms with E-state index in [2.05, 4.69) is 0 Å². The predicted molar refractivity (Wildman–Crippen MR) is 55.7 cm³/mol. The molecule has 0 saturated heterocycles.